The van der Waals surface area contributed by atoms with E-state index in [0.29, 0.717) is 17.3 Å². The molecule has 1 amide bonds. The van der Waals surface area contributed by atoms with Crippen LogP contribution in [0.1, 0.15) is 71.6 Å². The van der Waals surface area contributed by atoms with Crippen molar-refractivity contribution < 1.29 is 14.7 Å². The zero-order chi connectivity index (χ0) is 18.7. The third-order valence-corrected chi connectivity index (χ3v) is 9.52. The summed E-state index contributed by atoms with van der Waals surface area (Å²) in [4.78, 5) is 18.1. The average Bonchev–Trinajstić information content (AvgIpc) is 2.98. The first-order valence-corrected chi connectivity index (χ1v) is 10.8. The van der Waals surface area contributed by atoms with Gasteiger partial charge in [0.05, 0.1) is 13.2 Å². The summed E-state index contributed by atoms with van der Waals surface area (Å²) >= 11 is 0. The van der Waals surface area contributed by atoms with Crippen LogP contribution in [0.25, 0.3) is 0 Å². The van der Waals surface area contributed by atoms with Crippen molar-refractivity contribution in [3.63, 3.8) is 0 Å². The van der Waals surface area contributed by atoms with Crippen molar-refractivity contribution in [1.29, 1.82) is 0 Å². The van der Waals surface area contributed by atoms with Gasteiger partial charge < -0.3 is 5.11 Å². The maximum absolute atomic E-state index is 12.9. The molecule has 4 rings (SSSR count). The molecule has 148 valence electrons. The van der Waals surface area contributed by atoms with Crippen molar-refractivity contribution in [2.45, 2.75) is 77.7 Å². The lowest BCUT2D eigenvalue weighted by atomic mass is 9.44. The minimum Gasteiger partial charge on any atom is -0.393 e. The van der Waals surface area contributed by atoms with Crippen molar-refractivity contribution in [3.8, 4) is 0 Å². The predicted octanol–water partition coefficient (Wildman–Crippen LogP) is 4.03. The van der Waals surface area contributed by atoms with Gasteiger partial charge in [0.2, 0.25) is 5.91 Å². The molecule has 4 aliphatic carbocycles. The van der Waals surface area contributed by atoms with E-state index in [0.717, 1.165) is 31.1 Å². The summed E-state index contributed by atoms with van der Waals surface area (Å²) in [6.45, 7) is 4.92. The van der Waals surface area contributed by atoms with Crippen molar-refractivity contribution >= 4 is 5.91 Å². The third-order valence-electron chi connectivity index (χ3n) is 9.52. The van der Waals surface area contributed by atoms with E-state index in [4.69, 9.17) is 4.84 Å². The lowest BCUT2D eigenvalue weighted by Gasteiger charge is -2.60. The second-order valence-corrected chi connectivity index (χ2v) is 10.3. The molecule has 4 aliphatic rings. The van der Waals surface area contributed by atoms with Gasteiger partial charge in [-0.3, -0.25) is 9.63 Å². The molecule has 4 heteroatoms. The van der Waals surface area contributed by atoms with Gasteiger partial charge in [0.25, 0.3) is 0 Å². The van der Waals surface area contributed by atoms with Crippen molar-refractivity contribution in [1.82, 2.24) is 5.06 Å². The monoisotopic (exact) mass is 363 g/mol. The normalized spacial score (nSPS) is 50.5. The first-order chi connectivity index (χ1) is 12.3. The van der Waals surface area contributed by atoms with Crippen molar-refractivity contribution in [3.05, 3.63) is 0 Å². The Hall–Kier alpha value is -0.610. The topological polar surface area (TPSA) is 49.8 Å². The second kappa shape index (κ2) is 6.48. The molecular formula is C22H37NO3. The second-order valence-electron chi connectivity index (χ2n) is 10.3. The van der Waals surface area contributed by atoms with Crippen LogP contribution in [-0.4, -0.2) is 36.3 Å². The molecule has 0 aromatic carbocycles. The molecule has 0 heterocycles. The zero-order valence-electron chi connectivity index (χ0n) is 17.0. The van der Waals surface area contributed by atoms with Gasteiger partial charge in [-0.2, -0.15) is 0 Å². The molecular weight excluding hydrogens is 326 g/mol. The largest absolute Gasteiger partial charge is 0.393 e. The summed E-state index contributed by atoms with van der Waals surface area (Å²) in [6, 6.07) is 0. The average molecular weight is 364 g/mol. The Kier molecular flexibility index (Phi) is 4.67. The quantitative estimate of drug-likeness (QED) is 0.754. The van der Waals surface area contributed by atoms with Crippen LogP contribution < -0.4 is 0 Å². The summed E-state index contributed by atoms with van der Waals surface area (Å²) in [5, 5.41) is 11.6. The molecule has 0 saturated heterocycles. The highest BCUT2D eigenvalue weighted by Gasteiger charge is 2.61. The Labute approximate surface area is 158 Å². The zero-order valence-corrected chi connectivity index (χ0v) is 17.0. The number of carbonyl (C=O) groups is 1. The smallest absolute Gasteiger partial charge is 0.249 e. The Morgan fingerprint density at radius 1 is 1.00 bits per heavy atom. The van der Waals surface area contributed by atoms with E-state index < -0.39 is 0 Å². The minimum atomic E-state index is -0.0726. The van der Waals surface area contributed by atoms with Crippen LogP contribution in [-0.2, 0) is 9.63 Å². The summed E-state index contributed by atoms with van der Waals surface area (Å²) in [6.07, 6.45) is 10.4. The number of nitrogens with zero attached hydrogens (tertiary/aromatic N) is 1. The van der Waals surface area contributed by atoms with Crippen LogP contribution in [0.5, 0.6) is 0 Å². The van der Waals surface area contributed by atoms with Crippen LogP contribution in [0.4, 0.5) is 0 Å². The molecule has 4 nitrogen and oxygen atoms in total. The van der Waals surface area contributed by atoms with Crippen LogP contribution in [0.3, 0.4) is 0 Å². The first kappa shape index (κ1) is 18.7. The lowest BCUT2D eigenvalue weighted by molar-refractivity contribution is -0.181. The number of hydrogen-bond acceptors (Lipinski definition) is 3. The van der Waals surface area contributed by atoms with Crippen LogP contribution in [0.15, 0.2) is 0 Å². The highest BCUT2D eigenvalue weighted by Crippen LogP contribution is 2.67. The number of carbonyl (C=O) groups excluding carboxylic acids is 1. The SMILES string of the molecule is CON(C)C(=O)[C@H]1CC[C@H]2[C@@H]3CC[C@H]4C[C@@H](O)CC[C@]4(C)[C@H]3CC[C@]12C. The van der Waals surface area contributed by atoms with Gasteiger partial charge in [-0.15, -0.1) is 0 Å². The molecule has 8 atom stereocenters. The van der Waals surface area contributed by atoms with Crippen LogP contribution >= 0.6 is 0 Å². The van der Waals surface area contributed by atoms with E-state index >= 15 is 0 Å². The van der Waals surface area contributed by atoms with Gasteiger partial charge >= 0.3 is 0 Å². The number of hydrogen-bond donors (Lipinski definition) is 1. The maximum atomic E-state index is 12.9. The molecule has 0 spiro atoms. The minimum absolute atomic E-state index is 0.0726. The van der Waals surface area contributed by atoms with Crippen LogP contribution in [0.2, 0.25) is 0 Å². The van der Waals surface area contributed by atoms with Crippen molar-refractivity contribution in [2.75, 3.05) is 14.2 Å². The lowest BCUT2D eigenvalue weighted by Crippen LogP contribution is -2.54. The fraction of sp³-hybridized carbons (Fsp3) is 0.955. The number of rotatable bonds is 2. The van der Waals surface area contributed by atoms with Gasteiger partial charge in [0.1, 0.15) is 0 Å². The van der Waals surface area contributed by atoms with E-state index in [1.165, 1.54) is 43.6 Å². The van der Waals surface area contributed by atoms with E-state index in [1.807, 2.05) is 0 Å². The Bertz CT molecular complexity index is 566. The number of aliphatic hydroxyl groups excluding tert-OH is 1. The Morgan fingerprint density at radius 3 is 2.42 bits per heavy atom. The molecule has 26 heavy (non-hydrogen) atoms. The number of fused-ring (bicyclic) bond motifs is 5. The molecule has 0 aromatic heterocycles. The highest BCUT2D eigenvalue weighted by atomic mass is 16.7. The molecule has 1 N–H and O–H groups in total. The van der Waals surface area contributed by atoms with Crippen molar-refractivity contribution in [2.24, 2.45) is 40.4 Å². The van der Waals surface area contributed by atoms with Crippen LogP contribution in [0, 0.1) is 40.4 Å². The Morgan fingerprint density at radius 2 is 1.69 bits per heavy atom. The van der Waals surface area contributed by atoms with Gasteiger partial charge in [-0.25, -0.2) is 5.06 Å². The summed E-state index contributed by atoms with van der Waals surface area (Å²) < 4.78 is 0. The van der Waals surface area contributed by atoms with E-state index in [1.54, 1.807) is 14.2 Å². The van der Waals surface area contributed by atoms with E-state index in [-0.39, 0.29) is 23.3 Å². The van der Waals surface area contributed by atoms with E-state index in [2.05, 4.69) is 13.8 Å². The molecule has 0 unspecified atom stereocenters. The number of aliphatic hydroxyl groups is 1. The molecule has 0 bridgehead atoms. The molecule has 4 fully saturated rings. The van der Waals surface area contributed by atoms with Gasteiger partial charge in [0.15, 0.2) is 0 Å². The molecule has 0 radical (unpaired) electrons. The van der Waals surface area contributed by atoms with E-state index in [9.17, 15) is 9.90 Å². The predicted molar refractivity (Wildman–Crippen MR) is 101 cm³/mol. The Balaban J connectivity index is 1.57. The van der Waals surface area contributed by atoms with Gasteiger partial charge in [0, 0.05) is 13.0 Å². The number of amides is 1. The van der Waals surface area contributed by atoms with Gasteiger partial charge in [-0.05, 0) is 92.3 Å². The summed E-state index contributed by atoms with van der Waals surface area (Å²) in [5.41, 5.74) is 0.553. The molecule has 0 aromatic rings. The highest BCUT2D eigenvalue weighted by molar-refractivity contribution is 5.79. The standard InChI is InChI=1S/C22H37NO3/c1-21-11-9-15(24)13-14(21)5-6-16-17-7-8-19(20(25)23(3)26-4)22(17,2)12-10-18(16)21/h14-19,24H,5-13H2,1-4H3/t14-,15-,16-,17-,18-,19+,21-,22-/m0/s1. The summed E-state index contributed by atoms with van der Waals surface area (Å²) in [5.74, 6) is 3.26. The molecule has 4 saturated carbocycles. The maximum Gasteiger partial charge on any atom is 0.249 e. The molecule has 0 aliphatic heterocycles. The number of hydroxylamine groups is 2. The third kappa shape index (κ3) is 2.58. The van der Waals surface area contributed by atoms with Gasteiger partial charge in [-0.1, -0.05) is 13.8 Å². The fourth-order valence-electron chi connectivity index (χ4n) is 7.95. The fourth-order valence-corrected chi connectivity index (χ4v) is 7.95. The summed E-state index contributed by atoms with van der Waals surface area (Å²) in [7, 11) is 3.34. The first-order valence-electron chi connectivity index (χ1n) is 10.8.